The zero-order valence-corrected chi connectivity index (χ0v) is 17.8. The number of benzene rings is 1. The van der Waals surface area contributed by atoms with E-state index in [-0.39, 0.29) is 11.9 Å². The zero-order chi connectivity index (χ0) is 20.2. The number of ether oxygens (including phenoxy) is 1. The second-order valence-corrected chi connectivity index (χ2v) is 9.17. The van der Waals surface area contributed by atoms with E-state index in [0.29, 0.717) is 44.2 Å². The van der Waals surface area contributed by atoms with Crippen molar-refractivity contribution in [1.82, 2.24) is 9.62 Å². The predicted octanol–water partition coefficient (Wildman–Crippen LogP) is -0.348. The molecule has 1 aromatic carbocycles. The van der Waals surface area contributed by atoms with E-state index in [0.717, 1.165) is 21.6 Å². The third-order valence-corrected chi connectivity index (χ3v) is 7.38. The van der Waals surface area contributed by atoms with Gasteiger partial charge >= 0.3 is 0 Å². The number of methoxy groups -OCH3 is 1. The van der Waals surface area contributed by atoms with Crippen LogP contribution in [0.3, 0.4) is 0 Å². The van der Waals surface area contributed by atoms with Crippen LogP contribution < -0.4 is 10.2 Å². The van der Waals surface area contributed by atoms with Crippen molar-refractivity contribution in [1.29, 1.82) is 0 Å². The maximum Gasteiger partial charge on any atom is 0.278 e. The summed E-state index contributed by atoms with van der Waals surface area (Å²) in [6.45, 7) is 10.6. The number of hydrogen-bond acceptors (Lipinski definition) is 4. The Labute approximate surface area is 162 Å². The van der Waals surface area contributed by atoms with Crippen LogP contribution in [0.25, 0.3) is 0 Å². The van der Waals surface area contributed by atoms with Crippen LogP contribution in [-0.4, -0.2) is 71.1 Å². The molecule has 1 atom stereocenters. The van der Waals surface area contributed by atoms with E-state index >= 15 is 0 Å². The van der Waals surface area contributed by atoms with E-state index in [9.17, 15) is 13.2 Å². The topological polar surface area (TPSA) is 80.2 Å². The first-order valence-electron chi connectivity index (χ1n) is 9.37. The molecule has 1 aliphatic rings. The number of carbonyl (C=O) groups is 1. The summed E-state index contributed by atoms with van der Waals surface area (Å²) in [5.74, 6) is -0.0245. The molecular weight excluding hydrogens is 366 g/mol. The third kappa shape index (κ3) is 5.07. The van der Waals surface area contributed by atoms with Gasteiger partial charge in [0.15, 0.2) is 6.04 Å². The first-order valence-corrected chi connectivity index (χ1v) is 10.8. The van der Waals surface area contributed by atoms with Gasteiger partial charge in [-0.3, -0.25) is 4.79 Å². The summed E-state index contributed by atoms with van der Waals surface area (Å²) >= 11 is 0. The number of sulfonamides is 1. The van der Waals surface area contributed by atoms with Crippen molar-refractivity contribution in [2.45, 2.75) is 38.6 Å². The third-order valence-electron chi connectivity index (χ3n) is 5.18. The maximum absolute atomic E-state index is 13.1. The predicted molar refractivity (Wildman–Crippen MR) is 104 cm³/mol. The fourth-order valence-corrected chi connectivity index (χ4v) is 5.62. The SMILES string of the molecule is COCCNC(=O)[C@H](C)[NH+]1CCN(S(=O)(=O)c2c(C)cc(C)cc2C)CC1. The van der Waals surface area contributed by atoms with Crippen molar-refractivity contribution in [3.8, 4) is 0 Å². The molecule has 1 heterocycles. The Morgan fingerprint density at radius 2 is 1.78 bits per heavy atom. The maximum atomic E-state index is 13.1. The summed E-state index contributed by atoms with van der Waals surface area (Å²) in [7, 11) is -1.93. The minimum absolute atomic E-state index is 0.0245. The summed E-state index contributed by atoms with van der Waals surface area (Å²) < 4.78 is 32.8. The zero-order valence-electron chi connectivity index (χ0n) is 17.0. The Balaban J connectivity index is 2.04. The van der Waals surface area contributed by atoms with Gasteiger partial charge in [0, 0.05) is 13.7 Å². The molecule has 0 aliphatic carbocycles. The van der Waals surface area contributed by atoms with Crippen LogP contribution in [0.5, 0.6) is 0 Å². The first kappa shape index (κ1) is 21.8. The van der Waals surface area contributed by atoms with Crippen molar-refractivity contribution < 1.29 is 22.8 Å². The molecule has 1 aliphatic heterocycles. The number of nitrogens with one attached hydrogen (secondary N) is 2. The van der Waals surface area contributed by atoms with Crippen LogP contribution in [0, 0.1) is 20.8 Å². The van der Waals surface area contributed by atoms with Crippen molar-refractivity contribution >= 4 is 15.9 Å². The van der Waals surface area contributed by atoms with E-state index in [1.165, 1.54) is 0 Å². The van der Waals surface area contributed by atoms with Crippen LogP contribution in [0.2, 0.25) is 0 Å². The Bertz CT molecular complexity index is 748. The molecule has 152 valence electrons. The number of rotatable bonds is 7. The number of piperazine rings is 1. The molecule has 2 rings (SSSR count). The molecule has 0 unspecified atom stereocenters. The van der Waals surface area contributed by atoms with Crippen molar-refractivity contribution in [2.75, 3.05) is 46.4 Å². The number of nitrogens with zero attached hydrogens (tertiary/aromatic N) is 1. The molecule has 0 radical (unpaired) electrons. The van der Waals surface area contributed by atoms with Crippen LogP contribution in [-0.2, 0) is 19.6 Å². The van der Waals surface area contributed by atoms with E-state index in [1.807, 2.05) is 39.8 Å². The van der Waals surface area contributed by atoms with Gasteiger partial charge in [0.25, 0.3) is 5.91 Å². The van der Waals surface area contributed by atoms with Gasteiger partial charge < -0.3 is 15.0 Å². The standard InChI is InChI=1S/C19H31N3O4S/c1-14-12-15(2)18(16(3)13-14)27(24,25)22-9-7-21(8-10-22)17(4)19(23)20-6-11-26-5/h12-13,17H,6-11H2,1-5H3,(H,20,23)/p+1/t17-/m0/s1. The molecule has 0 aromatic heterocycles. The van der Waals surface area contributed by atoms with Crippen LogP contribution in [0.4, 0.5) is 0 Å². The second-order valence-electron chi connectivity index (χ2n) is 7.30. The van der Waals surface area contributed by atoms with Gasteiger partial charge in [0.1, 0.15) is 0 Å². The number of aryl methyl sites for hydroxylation is 3. The van der Waals surface area contributed by atoms with Gasteiger partial charge in [-0.05, 0) is 38.8 Å². The summed E-state index contributed by atoms with van der Waals surface area (Å²) in [6, 6.07) is 3.61. The molecule has 0 spiro atoms. The Hall–Kier alpha value is -1.48. The largest absolute Gasteiger partial charge is 0.383 e. The number of hydrogen-bond donors (Lipinski definition) is 2. The van der Waals surface area contributed by atoms with E-state index < -0.39 is 10.0 Å². The van der Waals surface area contributed by atoms with Crippen LogP contribution in [0.15, 0.2) is 17.0 Å². The molecule has 1 fully saturated rings. The van der Waals surface area contributed by atoms with E-state index in [4.69, 9.17) is 4.74 Å². The summed E-state index contributed by atoms with van der Waals surface area (Å²) in [4.78, 5) is 13.7. The summed E-state index contributed by atoms with van der Waals surface area (Å²) in [5, 5.41) is 2.85. The van der Waals surface area contributed by atoms with Gasteiger partial charge in [0.2, 0.25) is 10.0 Å². The summed E-state index contributed by atoms with van der Waals surface area (Å²) in [6.07, 6.45) is 0. The lowest BCUT2D eigenvalue weighted by molar-refractivity contribution is -0.917. The average molecular weight is 399 g/mol. The molecule has 0 saturated carbocycles. The van der Waals surface area contributed by atoms with E-state index in [1.54, 1.807) is 11.4 Å². The molecule has 27 heavy (non-hydrogen) atoms. The molecule has 2 N–H and O–H groups in total. The highest BCUT2D eigenvalue weighted by Crippen LogP contribution is 2.25. The van der Waals surface area contributed by atoms with Gasteiger partial charge in [-0.15, -0.1) is 0 Å². The number of quaternary nitrogens is 1. The van der Waals surface area contributed by atoms with E-state index in [2.05, 4.69) is 5.32 Å². The molecule has 1 amide bonds. The Morgan fingerprint density at radius 1 is 1.22 bits per heavy atom. The molecule has 1 saturated heterocycles. The molecule has 1 aromatic rings. The highest BCUT2D eigenvalue weighted by atomic mass is 32.2. The number of amides is 1. The molecule has 7 nitrogen and oxygen atoms in total. The minimum Gasteiger partial charge on any atom is -0.383 e. The van der Waals surface area contributed by atoms with Crippen molar-refractivity contribution in [2.24, 2.45) is 0 Å². The van der Waals surface area contributed by atoms with Gasteiger partial charge in [-0.1, -0.05) is 17.7 Å². The summed E-state index contributed by atoms with van der Waals surface area (Å²) in [5.41, 5.74) is 2.63. The quantitative estimate of drug-likeness (QED) is 0.616. The van der Waals surface area contributed by atoms with Gasteiger partial charge in [-0.25, -0.2) is 8.42 Å². The lowest BCUT2D eigenvalue weighted by atomic mass is 10.1. The van der Waals surface area contributed by atoms with Gasteiger partial charge in [-0.2, -0.15) is 4.31 Å². The average Bonchev–Trinajstić information content (AvgIpc) is 2.60. The minimum atomic E-state index is -3.52. The second kappa shape index (κ2) is 9.14. The number of carbonyl (C=O) groups excluding carboxylic acids is 1. The van der Waals surface area contributed by atoms with Crippen LogP contribution >= 0.6 is 0 Å². The molecule has 8 heteroatoms. The first-order chi connectivity index (χ1) is 12.7. The molecular formula is C19H32N3O4S+. The van der Waals surface area contributed by atoms with Gasteiger partial charge in [0.05, 0.1) is 37.7 Å². The fraction of sp³-hybridized carbons (Fsp3) is 0.632. The lowest BCUT2D eigenvalue weighted by Gasteiger charge is -2.34. The Morgan fingerprint density at radius 3 is 2.30 bits per heavy atom. The van der Waals surface area contributed by atoms with Crippen molar-refractivity contribution in [3.05, 3.63) is 28.8 Å². The molecule has 0 bridgehead atoms. The lowest BCUT2D eigenvalue weighted by Crippen LogP contribution is -3.19. The highest BCUT2D eigenvalue weighted by Gasteiger charge is 2.35. The highest BCUT2D eigenvalue weighted by molar-refractivity contribution is 7.89. The Kier molecular flexibility index (Phi) is 7.39. The smallest absolute Gasteiger partial charge is 0.278 e. The fourth-order valence-electron chi connectivity index (χ4n) is 3.76. The monoisotopic (exact) mass is 398 g/mol. The van der Waals surface area contributed by atoms with Crippen molar-refractivity contribution in [3.63, 3.8) is 0 Å². The normalized spacial score (nSPS) is 17.7. The van der Waals surface area contributed by atoms with Crippen LogP contribution in [0.1, 0.15) is 23.6 Å².